The largest absolute Gasteiger partial charge is 0.399 e. The number of thiazole rings is 1. The fourth-order valence-corrected chi connectivity index (χ4v) is 3.21. The van der Waals surface area contributed by atoms with Crippen molar-refractivity contribution in [1.29, 1.82) is 0 Å². The summed E-state index contributed by atoms with van der Waals surface area (Å²) >= 11 is 1.43. The quantitative estimate of drug-likeness (QED) is 0.817. The number of rotatable bonds is 5. The number of hydrogen-bond acceptors (Lipinski definition) is 5. The Morgan fingerprint density at radius 3 is 2.89 bits per heavy atom. The van der Waals surface area contributed by atoms with Crippen molar-refractivity contribution in [2.24, 2.45) is 0 Å². The predicted molar refractivity (Wildman–Crippen MR) is 71.8 cm³/mol. The van der Waals surface area contributed by atoms with Crippen molar-refractivity contribution in [3.05, 3.63) is 40.6 Å². The molecule has 2 rings (SSSR count). The minimum atomic E-state index is -3.90. The standard InChI is InChI=1S/C11H12FN3O2S2/c12-10-2-1-8(13)5-11(10)19(16,17)15-4-3-9-6-18-7-14-9/h1-2,5-7,15H,3-4,13H2. The Morgan fingerprint density at radius 1 is 1.42 bits per heavy atom. The molecule has 0 saturated heterocycles. The maximum atomic E-state index is 13.5. The zero-order valence-corrected chi connectivity index (χ0v) is 11.5. The van der Waals surface area contributed by atoms with Crippen LogP contribution in [0.25, 0.3) is 0 Å². The molecule has 0 atom stereocenters. The van der Waals surface area contributed by atoms with Gasteiger partial charge >= 0.3 is 0 Å². The van der Waals surface area contributed by atoms with E-state index in [1.165, 1.54) is 17.4 Å². The van der Waals surface area contributed by atoms with Crippen molar-refractivity contribution in [2.75, 3.05) is 12.3 Å². The molecule has 0 aliphatic carbocycles. The third-order valence-corrected chi connectivity index (χ3v) is 4.51. The smallest absolute Gasteiger partial charge is 0.243 e. The van der Waals surface area contributed by atoms with E-state index < -0.39 is 20.7 Å². The van der Waals surface area contributed by atoms with Crippen LogP contribution in [0.1, 0.15) is 5.69 Å². The first-order valence-corrected chi connectivity index (χ1v) is 7.83. The highest BCUT2D eigenvalue weighted by Crippen LogP contribution is 2.17. The van der Waals surface area contributed by atoms with Crippen molar-refractivity contribution in [3.63, 3.8) is 0 Å². The number of nitrogens with zero attached hydrogens (tertiary/aromatic N) is 1. The fourth-order valence-electron chi connectivity index (χ4n) is 1.48. The molecule has 1 heterocycles. The minimum Gasteiger partial charge on any atom is -0.399 e. The maximum absolute atomic E-state index is 13.5. The van der Waals surface area contributed by atoms with E-state index in [4.69, 9.17) is 5.73 Å². The first-order valence-electron chi connectivity index (χ1n) is 5.41. The summed E-state index contributed by atoms with van der Waals surface area (Å²) in [4.78, 5) is 3.59. The van der Waals surface area contributed by atoms with Gasteiger partial charge in [0.2, 0.25) is 10.0 Å². The molecule has 0 aliphatic rings. The Balaban J connectivity index is 2.07. The molecule has 0 fully saturated rings. The summed E-state index contributed by atoms with van der Waals surface area (Å²) in [6.07, 6.45) is 0.451. The fraction of sp³-hybridized carbons (Fsp3) is 0.182. The second kappa shape index (κ2) is 5.64. The van der Waals surface area contributed by atoms with Gasteiger partial charge in [-0.3, -0.25) is 0 Å². The Hall–Kier alpha value is -1.51. The van der Waals surface area contributed by atoms with Gasteiger partial charge in [0, 0.05) is 24.0 Å². The lowest BCUT2D eigenvalue weighted by atomic mass is 10.3. The van der Waals surface area contributed by atoms with Gasteiger partial charge in [0.1, 0.15) is 10.7 Å². The van der Waals surface area contributed by atoms with Crippen LogP contribution in [-0.4, -0.2) is 19.9 Å². The van der Waals surface area contributed by atoms with Crippen molar-refractivity contribution >= 4 is 27.0 Å². The van der Waals surface area contributed by atoms with Gasteiger partial charge in [-0.2, -0.15) is 0 Å². The van der Waals surface area contributed by atoms with Crippen LogP contribution in [0.2, 0.25) is 0 Å². The SMILES string of the molecule is Nc1ccc(F)c(S(=O)(=O)NCCc2cscn2)c1. The Morgan fingerprint density at radius 2 is 2.21 bits per heavy atom. The number of nitrogens with one attached hydrogen (secondary N) is 1. The van der Waals surface area contributed by atoms with E-state index in [0.717, 1.165) is 17.8 Å². The summed E-state index contributed by atoms with van der Waals surface area (Å²) in [7, 11) is -3.90. The molecule has 1 aromatic heterocycles. The van der Waals surface area contributed by atoms with Gasteiger partial charge in [-0.1, -0.05) is 0 Å². The lowest BCUT2D eigenvalue weighted by Crippen LogP contribution is -2.27. The van der Waals surface area contributed by atoms with Crippen LogP contribution in [0.15, 0.2) is 34.0 Å². The Labute approximate surface area is 114 Å². The molecule has 0 unspecified atom stereocenters. The van der Waals surface area contributed by atoms with E-state index in [1.54, 1.807) is 5.51 Å². The number of nitrogen functional groups attached to an aromatic ring is 1. The van der Waals surface area contributed by atoms with Crippen molar-refractivity contribution in [3.8, 4) is 0 Å². The number of hydrogen-bond donors (Lipinski definition) is 2. The molecule has 0 aliphatic heterocycles. The number of anilines is 1. The summed E-state index contributed by atoms with van der Waals surface area (Å²) in [5.74, 6) is -0.824. The average molecular weight is 301 g/mol. The molecule has 5 nitrogen and oxygen atoms in total. The van der Waals surface area contributed by atoms with E-state index in [9.17, 15) is 12.8 Å². The molecule has 0 spiro atoms. The molecule has 19 heavy (non-hydrogen) atoms. The van der Waals surface area contributed by atoms with Crippen molar-refractivity contribution in [2.45, 2.75) is 11.3 Å². The summed E-state index contributed by atoms with van der Waals surface area (Å²) in [5, 5.41) is 1.83. The summed E-state index contributed by atoms with van der Waals surface area (Å²) in [6, 6.07) is 3.44. The Bertz CT molecular complexity index is 657. The lowest BCUT2D eigenvalue weighted by molar-refractivity contribution is 0.557. The van der Waals surface area contributed by atoms with Crippen LogP contribution in [0, 0.1) is 5.82 Å². The Kier molecular flexibility index (Phi) is 4.13. The van der Waals surface area contributed by atoms with E-state index in [-0.39, 0.29) is 12.2 Å². The second-order valence-electron chi connectivity index (χ2n) is 3.82. The molecule has 1 aromatic carbocycles. The molecular weight excluding hydrogens is 289 g/mol. The van der Waals surface area contributed by atoms with Gasteiger partial charge in [0.25, 0.3) is 0 Å². The van der Waals surface area contributed by atoms with Gasteiger partial charge in [-0.15, -0.1) is 11.3 Å². The normalized spacial score (nSPS) is 11.6. The minimum absolute atomic E-state index is 0.153. The molecule has 2 aromatic rings. The monoisotopic (exact) mass is 301 g/mol. The molecule has 0 saturated carbocycles. The first kappa shape index (κ1) is 13.9. The number of nitrogens with two attached hydrogens (primary N) is 1. The highest BCUT2D eigenvalue weighted by molar-refractivity contribution is 7.89. The van der Waals surface area contributed by atoms with Crippen LogP contribution in [0.4, 0.5) is 10.1 Å². The number of sulfonamides is 1. The predicted octanol–water partition coefficient (Wildman–Crippen LogP) is 1.39. The lowest BCUT2D eigenvalue weighted by Gasteiger charge is -2.07. The topological polar surface area (TPSA) is 85.1 Å². The molecule has 102 valence electrons. The van der Waals surface area contributed by atoms with Gasteiger partial charge in [-0.05, 0) is 18.2 Å². The van der Waals surface area contributed by atoms with Crippen LogP contribution in [0.3, 0.4) is 0 Å². The van der Waals surface area contributed by atoms with Crippen LogP contribution >= 0.6 is 11.3 Å². The van der Waals surface area contributed by atoms with E-state index in [1.807, 2.05) is 5.38 Å². The maximum Gasteiger partial charge on any atom is 0.243 e. The van der Waals surface area contributed by atoms with Crippen molar-refractivity contribution < 1.29 is 12.8 Å². The number of halogens is 1. The van der Waals surface area contributed by atoms with E-state index in [2.05, 4.69) is 9.71 Å². The van der Waals surface area contributed by atoms with Crippen LogP contribution in [0.5, 0.6) is 0 Å². The zero-order valence-electron chi connectivity index (χ0n) is 9.84. The number of benzene rings is 1. The molecule has 0 radical (unpaired) electrons. The molecule has 0 amide bonds. The third kappa shape index (κ3) is 3.49. The molecule has 0 bridgehead atoms. The zero-order chi connectivity index (χ0) is 13.9. The summed E-state index contributed by atoms with van der Waals surface area (Å²) < 4.78 is 39.6. The van der Waals surface area contributed by atoms with E-state index >= 15 is 0 Å². The summed E-state index contributed by atoms with van der Waals surface area (Å²) in [6.45, 7) is 0.153. The van der Waals surface area contributed by atoms with E-state index in [0.29, 0.717) is 6.42 Å². The van der Waals surface area contributed by atoms with Crippen LogP contribution < -0.4 is 10.5 Å². The highest BCUT2D eigenvalue weighted by atomic mass is 32.2. The van der Waals surface area contributed by atoms with Gasteiger partial charge in [0.15, 0.2) is 0 Å². The average Bonchev–Trinajstić information content (AvgIpc) is 2.85. The first-order chi connectivity index (χ1) is 8.99. The molecule has 3 N–H and O–H groups in total. The third-order valence-electron chi connectivity index (χ3n) is 2.40. The number of aromatic nitrogens is 1. The van der Waals surface area contributed by atoms with Gasteiger partial charge < -0.3 is 5.73 Å². The summed E-state index contributed by atoms with van der Waals surface area (Å²) in [5.41, 5.74) is 8.12. The highest BCUT2D eigenvalue weighted by Gasteiger charge is 2.18. The second-order valence-corrected chi connectivity index (χ2v) is 6.27. The van der Waals surface area contributed by atoms with Gasteiger partial charge in [0.05, 0.1) is 11.2 Å². The van der Waals surface area contributed by atoms with Crippen molar-refractivity contribution in [1.82, 2.24) is 9.71 Å². The molecular formula is C11H12FN3O2S2. The van der Waals surface area contributed by atoms with Crippen LogP contribution in [-0.2, 0) is 16.4 Å². The van der Waals surface area contributed by atoms with Gasteiger partial charge in [-0.25, -0.2) is 22.5 Å². The molecule has 8 heteroatoms.